The van der Waals surface area contributed by atoms with E-state index >= 15 is 0 Å². The fraction of sp³-hybridized carbons (Fsp3) is 0. The highest BCUT2D eigenvalue weighted by Crippen LogP contribution is 2.22. The lowest BCUT2D eigenvalue weighted by Gasteiger charge is -2.01. The Bertz CT molecular complexity index is 1000. The lowest BCUT2D eigenvalue weighted by Crippen LogP contribution is -1.78. The molecule has 0 aliphatic carbocycles. The minimum absolute atomic E-state index is 0.569. The third-order valence-corrected chi connectivity index (χ3v) is 4.04. The second-order valence-electron chi connectivity index (χ2n) is 5.49. The molecule has 1 aromatic heterocycles. The molecule has 0 N–H and O–H groups in total. The van der Waals surface area contributed by atoms with Crippen molar-refractivity contribution >= 4 is 34.9 Å². The lowest BCUT2D eigenvalue weighted by atomic mass is 10.0. The van der Waals surface area contributed by atoms with E-state index in [-0.39, 0.29) is 0 Å². The Morgan fingerprint density at radius 3 is 2.33 bits per heavy atom. The zero-order valence-electron chi connectivity index (χ0n) is 12.8. The Labute approximate surface area is 145 Å². The molecule has 1 heterocycles. The Hall–Kier alpha value is -2.84. The van der Waals surface area contributed by atoms with Crippen LogP contribution in [0.15, 0.2) is 77.2 Å². The predicted octanol–water partition coefficient (Wildman–Crippen LogP) is 6.32. The van der Waals surface area contributed by atoms with Crippen LogP contribution in [0.5, 0.6) is 0 Å². The number of halogens is 1. The van der Waals surface area contributed by atoms with E-state index in [1.165, 1.54) is 11.1 Å². The molecule has 0 radical (unpaired) electrons. The van der Waals surface area contributed by atoms with Crippen LogP contribution in [0.2, 0.25) is 5.02 Å². The van der Waals surface area contributed by atoms with Gasteiger partial charge in [0.05, 0.1) is 0 Å². The first kappa shape index (κ1) is 14.7. The summed E-state index contributed by atoms with van der Waals surface area (Å²) in [6, 6.07) is 24.1. The molecule has 3 aromatic carbocycles. The van der Waals surface area contributed by atoms with Gasteiger partial charge in [-0.2, -0.15) is 0 Å². The predicted molar refractivity (Wildman–Crippen MR) is 99.8 cm³/mol. The van der Waals surface area contributed by atoms with Gasteiger partial charge in [0.15, 0.2) is 5.58 Å². The molecule has 0 aliphatic heterocycles. The smallest absolute Gasteiger partial charge is 0.220 e. The minimum Gasteiger partial charge on any atom is -0.437 e. The molecule has 116 valence electrons. The highest BCUT2D eigenvalue weighted by atomic mass is 35.5. The van der Waals surface area contributed by atoms with Gasteiger partial charge in [-0.3, -0.25) is 0 Å². The summed E-state index contributed by atoms with van der Waals surface area (Å²) < 4.78 is 5.68. The van der Waals surface area contributed by atoms with Gasteiger partial charge in [-0.05, 0) is 41.0 Å². The zero-order chi connectivity index (χ0) is 16.4. The fourth-order valence-electron chi connectivity index (χ4n) is 2.57. The molecule has 0 spiro atoms. The number of rotatable bonds is 3. The van der Waals surface area contributed by atoms with Crippen molar-refractivity contribution in [1.82, 2.24) is 4.98 Å². The van der Waals surface area contributed by atoms with Crippen molar-refractivity contribution in [1.29, 1.82) is 0 Å². The molecule has 0 atom stereocenters. The second kappa shape index (κ2) is 6.34. The van der Waals surface area contributed by atoms with Crippen molar-refractivity contribution in [3.8, 4) is 11.1 Å². The first-order valence-electron chi connectivity index (χ1n) is 7.68. The zero-order valence-corrected chi connectivity index (χ0v) is 13.6. The average molecular weight is 332 g/mol. The number of aromatic nitrogens is 1. The standard InChI is InChI=1S/C21H14ClNO/c22-18-11-12-20-19(14-18)23-21(24-20)13-8-15-6-9-17(10-7-15)16-4-2-1-3-5-16/h1-14H/b13-8+. The summed E-state index contributed by atoms with van der Waals surface area (Å²) in [4.78, 5) is 4.42. The van der Waals surface area contributed by atoms with Crippen molar-refractivity contribution in [2.45, 2.75) is 0 Å². The number of hydrogen-bond donors (Lipinski definition) is 0. The number of fused-ring (bicyclic) bond motifs is 1. The van der Waals surface area contributed by atoms with Crippen LogP contribution in [0.25, 0.3) is 34.4 Å². The maximum atomic E-state index is 5.97. The Kier molecular flexibility index (Phi) is 3.89. The normalized spacial score (nSPS) is 11.4. The molecule has 2 nitrogen and oxygen atoms in total. The highest BCUT2D eigenvalue weighted by Gasteiger charge is 2.03. The third kappa shape index (κ3) is 3.10. The molecule has 0 fully saturated rings. The summed E-state index contributed by atoms with van der Waals surface area (Å²) >= 11 is 5.97. The summed E-state index contributed by atoms with van der Waals surface area (Å²) in [5.74, 6) is 0.569. The largest absolute Gasteiger partial charge is 0.437 e. The SMILES string of the molecule is Clc1ccc2oc(/C=C/c3ccc(-c4ccccc4)cc3)nc2c1. The van der Waals surface area contributed by atoms with Crippen LogP contribution >= 0.6 is 11.6 Å². The molecule has 0 amide bonds. The van der Waals surface area contributed by atoms with Gasteiger partial charge in [0.2, 0.25) is 5.89 Å². The molecule has 3 heteroatoms. The van der Waals surface area contributed by atoms with Crippen LogP contribution in [0.4, 0.5) is 0 Å². The van der Waals surface area contributed by atoms with Gasteiger partial charge in [-0.1, -0.05) is 66.2 Å². The maximum absolute atomic E-state index is 5.97. The molecular weight excluding hydrogens is 318 g/mol. The van der Waals surface area contributed by atoms with E-state index < -0.39 is 0 Å². The van der Waals surface area contributed by atoms with E-state index in [0.717, 1.165) is 16.7 Å². The molecule has 0 saturated heterocycles. The van der Waals surface area contributed by atoms with Gasteiger partial charge < -0.3 is 4.42 Å². The van der Waals surface area contributed by atoms with E-state index in [2.05, 4.69) is 41.4 Å². The number of benzene rings is 3. The Morgan fingerprint density at radius 2 is 1.54 bits per heavy atom. The summed E-state index contributed by atoms with van der Waals surface area (Å²) in [6.07, 6.45) is 3.85. The second-order valence-corrected chi connectivity index (χ2v) is 5.92. The minimum atomic E-state index is 0.569. The Balaban J connectivity index is 1.56. The topological polar surface area (TPSA) is 26.0 Å². The van der Waals surface area contributed by atoms with Gasteiger partial charge in [-0.25, -0.2) is 4.98 Å². The number of nitrogens with zero attached hydrogens (tertiary/aromatic N) is 1. The van der Waals surface area contributed by atoms with Gasteiger partial charge in [0, 0.05) is 11.1 Å². The van der Waals surface area contributed by atoms with E-state index in [9.17, 15) is 0 Å². The van der Waals surface area contributed by atoms with E-state index in [0.29, 0.717) is 10.9 Å². The van der Waals surface area contributed by atoms with Gasteiger partial charge in [0.25, 0.3) is 0 Å². The summed E-state index contributed by atoms with van der Waals surface area (Å²) in [7, 11) is 0. The van der Waals surface area contributed by atoms with Crippen molar-refractivity contribution < 1.29 is 4.42 Å². The van der Waals surface area contributed by atoms with Gasteiger partial charge >= 0.3 is 0 Å². The third-order valence-electron chi connectivity index (χ3n) is 3.80. The lowest BCUT2D eigenvalue weighted by molar-refractivity contribution is 0.590. The summed E-state index contributed by atoms with van der Waals surface area (Å²) in [5, 5.41) is 0.655. The molecule has 24 heavy (non-hydrogen) atoms. The number of oxazole rings is 1. The average Bonchev–Trinajstić information content (AvgIpc) is 3.03. The van der Waals surface area contributed by atoms with Crippen molar-refractivity contribution in [2.24, 2.45) is 0 Å². The van der Waals surface area contributed by atoms with Crippen LogP contribution in [-0.2, 0) is 0 Å². The summed E-state index contributed by atoms with van der Waals surface area (Å²) in [6.45, 7) is 0. The molecule has 0 bridgehead atoms. The first-order chi connectivity index (χ1) is 11.8. The maximum Gasteiger partial charge on any atom is 0.220 e. The van der Waals surface area contributed by atoms with Crippen LogP contribution < -0.4 is 0 Å². The quantitative estimate of drug-likeness (QED) is 0.439. The fourth-order valence-corrected chi connectivity index (χ4v) is 2.74. The van der Waals surface area contributed by atoms with Crippen LogP contribution in [0.3, 0.4) is 0 Å². The summed E-state index contributed by atoms with van der Waals surface area (Å²) in [5.41, 5.74) is 5.00. The van der Waals surface area contributed by atoms with E-state index in [4.69, 9.17) is 16.0 Å². The van der Waals surface area contributed by atoms with Crippen molar-refractivity contribution in [3.63, 3.8) is 0 Å². The van der Waals surface area contributed by atoms with E-state index in [1.807, 2.05) is 36.4 Å². The first-order valence-corrected chi connectivity index (χ1v) is 8.05. The van der Waals surface area contributed by atoms with Crippen LogP contribution in [0, 0.1) is 0 Å². The molecule has 4 rings (SSSR count). The highest BCUT2D eigenvalue weighted by molar-refractivity contribution is 6.31. The Morgan fingerprint density at radius 1 is 0.792 bits per heavy atom. The van der Waals surface area contributed by atoms with Crippen LogP contribution in [-0.4, -0.2) is 4.98 Å². The van der Waals surface area contributed by atoms with Crippen molar-refractivity contribution in [2.75, 3.05) is 0 Å². The molecule has 4 aromatic rings. The van der Waals surface area contributed by atoms with Gasteiger partial charge in [-0.15, -0.1) is 0 Å². The molecule has 0 aliphatic rings. The molecular formula is C21H14ClNO. The van der Waals surface area contributed by atoms with E-state index in [1.54, 1.807) is 12.1 Å². The number of hydrogen-bond acceptors (Lipinski definition) is 2. The van der Waals surface area contributed by atoms with Gasteiger partial charge in [0.1, 0.15) is 5.52 Å². The monoisotopic (exact) mass is 331 g/mol. The molecule has 0 unspecified atom stereocenters. The molecule has 0 saturated carbocycles. The van der Waals surface area contributed by atoms with Crippen LogP contribution in [0.1, 0.15) is 11.5 Å². The van der Waals surface area contributed by atoms with Crippen molar-refractivity contribution in [3.05, 3.63) is 89.3 Å².